The van der Waals surface area contributed by atoms with Crippen LogP contribution < -0.4 is 10.6 Å². The highest BCUT2D eigenvalue weighted by Crippen LogP contribution is 2.06. The molecule has 0 fully saturated rings. The molecule has 0 spiro atoms. The molecule has 0 bridgehead atoms. The summed E-state index contributed by atoms with van der Waals surface area (Å²) < 4.78 is 15.9. The Hall–Kier alpha value is -1.29. The second kappa shape index (κ2) is 13.0. The molecule has 8 heteroatoms. The van der Waals surface area contributed by atoms with Crippen molar-refractivity contribution in [3.8, 4) is 0 Å². The van der Waals surface area contributed by atoms with E-state index in [0.29, 0.717) is 25.7 Å². The Morgan fingerprint density at radius 3 is 2.68 bits per heavy atom. The van der Waals surface area contributed by atoms with Crippen LogP contribution in [0.15, 0.2) is 27.8 Å². The van der Waals surface area contributed by atoms with Gasteiger partial charge in [-0.15, -0.1) is 24.0 Å². The van der Waals surface area contributed by atoms with E-state index in [1.807, 2.05) is 39.8 Å². The van der Waals surface area contributed by atoms with Crippen LogP contribution in [0, 0.1) is 0 Å². The highest BCUT2D eigenvalue weighted by atomic mass is 127. The molecule has 1 heterocycles. The molecular weight excluding hydrogens is 437 g/mol. The minimum absolute atomic E-state index is 0. The van der Waals surface area contributed by atoms with Crippen LogP contribution in [-0.4, -0.2) is 43.8 Å². The molecule has 0 aliphatic rings. The van der Waals surface area contributed by atoms with Gasteiger partial charge in [-0.25, -0.2) is 4.99 Å². The lowest BCUT2D eigenvalue weighted by molar-refractivity contribution is -0.152. The normalized spacial score (nSPS) is 11.6. The van der Waals surface area contributed by atoms with Gasteiger partial charge < -0.3 is 24.5 Å². The maximum absolute atomic E-state index is 11.7. The summed E-state index contributed by atoms with van der Waals surface area (Å²) in [7, 11) is 0. The lowest BCUT2D eigenvalue weighted by atomic mass is 10.2. The Labute approximate surface area is 166 Å². The number of hydrogen-bond acceptors (Lipinski definition) is 5. The second-order valence-corrected chi connectivity index (χ2v) is 6.19. The summed E-state index contributed by atoms with van der Waals surface area (Å²) in [6, 6.07) is 3.72. The third-order valence-corrected chi connectivity index (χ3v) is 2.71. The van der Waals surface area contributed by atoms with Gasteiger partial charge in [0.15, 0.2) is 5.96 Å². The Bertz CT molecular complexity index is 498. The topological polar surface area (TPSA) is 85.1 Å². The number of ether oxygens (including phenoxy) is 2. The number of aliphatic imine (C=N–C) groups is 1. The first kappa shape index (κ1) is 23.7. The summed E-state index contributed by atoms with van der Waals surface area (Å²) in [6.07, 6.45) is 2.45. The lowest BCUT2D eigenvalue weighted by Crippen LogP contribution is -2.38. The van der Waals surface area contributed by atoms with Gasteiger partial charge in [-0.1, -0.05) is 0 Å². The largest absolute Gasteiger partial charge is 0.467 e. The number of halogens is 1. The number of guanidine groups is 1. The summed E-state index contributed by atoms with van der Waals surface area (Å²) in [5.74, 6) is 1.06. The fourth-order valence-electron chi connectivity index (χ4n) is 1.81. The molecule has 144 valence electrons. The van der Waals surface area contributed by atoms with E-state index in [9.17, 15) is 4.79 Å². The summed E-state index contributed by atoms with van der Waals surface area (Å²) >= 11 is 0. The van der Waals surface area contributed by atoms with Gasteiger partial charge in [-0.05, 0) is 46.2 Å². The zero-order chi connectivity index (χ0) is 17.8. The number of carbonyl (C=O) groups is 1. The summed E-state index contributed by atoms with van der Waals surface area (Å²) in [5, 5.41) is 6.25. The smallest absolute Gasteiger partial charge is 0.328 e. The zero-order valence-electron chi connectivity index (χ0n) is 15.5. The van der Waals surface area contributed by atoms with E-state index >= 15 is 0 Å². The first-order valence-corrected chi connectivity index (χ1v) is 8.25. The number of rotatable bonds is 9. The fraction of sp³-hybridized carbons (Fsp3) is 0.647. The van der Waals surface area contributed by atoms with Gasteiger partial charge in [0.1, 0.15) is 24.5 Å². The SMILES string of the molecule is CCNC(=NCC(=O)OC(C)(C)C)NCCCOCc1ccco1.I. The molecular formula is C17H30IN3O4. The van der Waals surface area contributed by atoms with Gasteiger partial charge in [-0.2, -0.15) is 0 Å². The number of nitrogens with zero attached hydrogens (tertiary/aromatic N) is 1. The van der Waals surface area contributed by atoms with Gasteiger partial charge in [-0.3, -0.25) is 4.79 Å². The van der Waals surface area contributed by atoms with Crippen LogP contribution in [0.25, 0.3) is 0 Å². The third kappa shape index (κ3) is 12.7. The van der Waals surface area contributed by atoms with Crippen molar-refractivity contribution in [1.82, 2.24) is 10.6 Å². The van der Waals surface area contributed by atoms with Crippen molar-refractivity contribution >= 4 is 35.9 Å². The quantitative estimate of drug-likeness (QED) is 0.191. The number of esters is 1. The Kier molecular flexibility index (Phi) is 12.3. The fourth-order valence-corrected chi connectivity index (χ4v) is 1.81. The van der Waals surface area contributed by atoms with Crippen LogP contribution >= 0.6 is 24.0 Å². The predicted molar refractivity (Wildman–Crippen MR) is 108 cm³/mol. The average Bonchev–Trinajstić information content (AvgIpc) is 2.99. The third-order valence-electron chi connectivity index (χ3n) is 2.71. The number of hydrogen-bond donors (Lipinski definition) is 2. The van der Waals surface area contributed by atoms with E-state index < -0.39 is 5.60 Å². The van der Waals surface area contributed by atoms with Gasteiger partial charge in [0.2, 0.25) is 0 Å². The molecule has 0 aliphatic carbocycles. The van der Waals surface area contributed by atoms with E-state index in [0.717, 1.165) is 18.7 Å². The van der Waals surface area contributed by atoms with Crippen molar-refractivity contribution < 1.29 is 18.7 Å². The van der Waals surface area contributed by atoms with Crippen molar-refractivity contribution in [2.75, 3.05) is 26.2 Å². The standard InChI is InChI=1S/C17H29N3O4.HI/c1-5-18-16(20-12-15(21)24-17(2,3)4)19-9-7-10-22-13-14-8-6-11-23-14;/h6,8,11H,5,7,9-10,12-13H2,1-4H3,(H2,18,19,20);1H. The Morgan fingerprint density at radius 1 is 1.32 bits per heavy atom. The van der Waals surface area contributed by atoms with E-state index in [-0.39, 0.29) is 36.5 Å². The molecule has 0 amide bonds. The predicted octanol–water partition coefficient (Wildman–Crippen LogP) is 2.70. The molecule has 1 aromatic rings. The molecule has 0 atom stereocenters. The van der Waals surface area contributed by atoms with Crippen LogP contribution in [0.4, 0.5) is 0 Å². The number of furan rings is 1. The zero-order valence-corrected chi connectivity index (χ0v) is 17.8. The molecule has 0 radical (unpaired) electrons. The van der Waals surface area contributed by atoms with Gasteiger partial charge in [0.05, 0.1) is 6.26 Å². The van der Waals surface area contributed by atoms with E-state index in [1.54, 1.807) is 6.26 Å². The number of carbonyl (C=O) groups excluding carboxylic acids is 1. The van der Waals surface area contributed by atoms with Crippen molar-refractivity contribution in [2.24, 2.45) is 4.99 Å². The maximum atomic E-state index is 11.7. The van der Waals surface area contributed by atoms with Crippen LogP contribution in [0.3, 0.4) is 0 Å². The summed E-state index contributed by atoms with van der Waals surface area (Å²) in [4.78, 5) is 15.9. The molecule has 25 heavy (non-hydrogen) atoms. The molecule has 7 nitrogen and oxygen atoms in total. The Balaban J connectivity index is 0.00000576. The van der Waals surface area contributed by atoms with E-state index in [2.05, 4.69) is 15.6 Å². The van der Waals surface area contributed by atoms with E-state index in [1.165, 1.54) is 0 Å². The van der Waals surface area contributed by atoms with Crippen LogP contribution in [-0.2, 0) is 20.9 Å². The van der Waals surface area contributed by atoms with Gasteiger partial charge >= 0.3 is 5.97 Å². The molecule has 0 aromatic carbocycles. The first-order chi connectivity index (χ1) is 11.4. The van der Waals surface area contributed by atoms with Crippen LogP contribution in [0.5, 0.6) is 0 Å². The van der Waals surface area contributed by atoms with Gasteiger partial charge in [0.25, 0.3) is 0 Å². The Morgan fingerprint density at radius 2 is 2.08 bits per heavy atom. The van der Waals surface area contributed by atoms with Crippen molar-refractivity contribution in [1.29, 1.82) is 0 Å². The highest BCUT2D eigenvalue weighted by molar-refractivity contribution is 14.0. The minimum Gasteiger partial charge on any atom is -0.467 e. The first-order valence-electron chi connectivity index (χ1n) is 8.25. The molecule has 2 N–H and O–H groups in total. The molecule has 0 unspecified atom stereocenters. The molecule has 1 rings (SSSR count). The van der Waals surface area contributed by atoms with Crippen molar-refractivity contribution in [2.45, 2.75) is 46.3 Å². The monoisotopic (exact) mass is 467 g/mol. The summed E-state index contributed by atoms with van der Waals surface area (Å²) in [5.41, 5.74) is -0.496. The average molecular weight is 467 g/mol. The molecule has 0 aliphatic heterocycles. The molecule has 0 saturated carbocycles. The summed E-state index contributed by atoms with van der Waals surface area (Å²) in [6.45, 7) is 9.95. The second-order valence-electron chi connectivity index (χ2n) is 6.19. The van der Waals surface area contributed by atoms with E-state index in [4.69, 9.17) is 13.9 Å². The minimum atomic E-state index is -0.496. The van der Waals surface area contributed by atoms with Crippen LogP contribution in [0.2, 0.25) is 0 Å². The van der Waals surface area contributed by atoms with Crippen molar-refractivity contribution in [3.63, 3.8) is 0 Å². The van der Waals surface area contributed by atoms with Gasteiger partial charge in [0, 0.05) is 19.7 Å². The lowest BCUT2D eigenvalue weighted by Gasteiger charge is -2.19. The maximum Gasteiger partial charge on any atom is 0.328 e. The molecule has 1 aromatic heterocycles. The molecule has 0 saturated heterocycles. The van der Waals surface area contributed by atoms with Crippen LogP contribution in [0.1, 0.15) is 39.9 Å². The number of nitrogens with one attached hydrogen (secondary N) is 2. The highest BCUT2D eigenvalue weighted by Gasteiger charge is 2.15. The van der Waals surface area contributed by atoms with Crippen molar-refractivity contribution in [3.05, 3.63) is 24.2 Å².